The first-order valence-corrected chi connectivity index (χ1v) is 11.9. The minimum atomic E-state index is -0.367. The monoisotopic (exact) mass is 430 g/mol. The Labute approximate surface area is 197 Å². The first-order chi connectivity index (χ1) is 16.2. The fourth-order valence-corrected chi connectivity index (χ4v) is 5.41. The summed E-state index contributed by atoms with van der Waals surface area (Å²) in [7, 11) is 0. The van der Waals surface area contributed by atoms with E-state index in [1.54, 1.807) is 0 Å². The summed E-state index contributed by atoms with van der Waals surface area (Å²) in [4.78, 5) is 0. The maximum atomic E-state index is 5.81. The van der Waals surface area contributed by atoms with Gasteiger partial charge >= 0.3 is 0 Å². The number of aryl methyl sites for hydroxylation is 2. The standard InChI is InChI=1S/C32H30O/c1-4-6-11-24-22-26(20-21-31(24)33-5-2)32(25-18-16-23(3)17-19-25)29-14-9-7-12-27(29)28-13-8-10-15-30(28)32/h5,7-10,12-22H,2,4,6,11H2,1,3H3. The highest BCUT2D eigenvalue weighted by Gasteiger charge is 2.46. The van der Waals surface area contributed by atoms with Gasteiger partial charge in [-0.15, -0.1) is 0 Å². The minimum Gasteiger partial charge on any atom is -0.465 e. The molecule has 0 aromatic heterocycles. The fraction of sp³-hybridized carbons (Fsp3) is 0.188. The van der Waals surface area contributed by atoms with Gasteiger partial charge in [-0.1, -0.05) is 110 Å². The molecule has 0 atom stereocenters. The SMILES string of the molecule is C=COc1ccc(C2(c3ccc(C)cc3)c3ccccc3-c3ccccc32)cc1CCCC. The largest absolute Gasteiger partial charge is 0.465 e. The zero-order valence-electron chi connectivity index (χ0n) is 19.5. The van der Waals surface area contributed by atoms with Gasteiger partial charge in [0.25, 0.3) is 0 Å². The van der Waals surface area contributed by atoms with Gasteiger partial charge in [-0.3, -0.25) is 0 Å². The highest BCUT2D eigenvalue weighted by Crippen LogP contribution is 2.56. The molecule has 164 valence electrons. The van der Waals surface area contributed by atoms with Crippen LogP contribution in [0.4, 0.5) is 0 Å². The van der Waals surface area contributed by atoms with E-state index < -0.39 is 0 Å². The zero-order chi connectivity index (χ0) is 22.8. The molecule has 4 aromatic rings. The van der Waals surface area contributed by atoms with Crippen LogP contribution in [0.2, 0.25) is 0 Å². The van der Waals surface area contributed by atoms with E-state index >= 15 is 0 Å². The Balaban J connectivity index is 1.85. The average molecular weight is 431 g/mol. The molecule has 1 aliphatic rings. The summed E-state index contributed by atoms with van der Waals surface area (Å²) in [6, 6.07) is 33.6. The van der Waals surface area contributed by atoms with Crippen LogP contribution >= 0.6 is 0 Å². The van der Waals surface area contributed by atoms with Gasteiger partial charge in [0.1, 0.15) is 5.75 Å². The van der Waals surface area contributed by atoms with Gasteiger partial charge in [0.2, 0.25) is 0 Å². The zero-order valence-corrected chi connectivity index (χ0v) is 19.5. The predicted octanol–water partition coefficient (Wildman–Crippen LogP) is 8.22. The van der Waals surface area contributed by atoms with Crippen molar-refractivity contribution in [2.75, 3.05) is 0 Å². The minimum absolute atomic E-state index is 0.367. The Kier molecular flexibility index (Phi) is 5.64. The van der Waals surface area contributed by atoms with Crippen LogP contribution < -0.4 is 4.74 Å². The summed E-state index contributed by atoms with van der Waals surface area (Å²) in [5.41, 5.74) is 10.0. The lowest BCUT2D eigenvalue weighted by atomic mass is 9.67. The smallest absolute Gasteiger partial charge is 0.129 e. The van der Waals surface area contributed by atoms with Gasteiger partial charge < -0.3 is 4.74 Å². The Morgan fingerprint density at radius 3 is 2.00 bits per heavy atom. The summed E-state index contributed by atoms with van der Waals surface area (Å²) in [5, 5.41) is 0. The second kappa shape index (κ2) is 8.75. The molecule has 1 heteroatoms. The highest BCUT2D eigenvalue weighted by atomic mass is 16.5. The highest BCUT2D eigenvalue weighted by molar-refractivity contribution is 5.86. The second-order valence-electron chi connectivity index (χ2n) is 8.92. The Morgan fingerprint density at radius 1 is 0.788 bits per heavy atom. The molecule has 33 heavy (non-hydrogen) atoms. The number of rotatable bonds is 7. The van der Waals surface area contributed by atoms with Crippen molar-refractivity contribution in [2.45, 2.75) is 38.5 Å². The molecule has 0 saturated heterocycles. The molecule has 1 nitrogen and oxygen atoms in total. The number of ether oxygens (including phenoxy) is 1. The first kappa shape index (κ1) is 21.3. The molecule has 4 aromatic carbocycles. The topological polar surface area (TPSA) is 9.23 Å². The molecule has 0 aliphatic heterocycles. The van der Waals surface area contributed by atoms with Gasteiger partial charge in [0.05, 0.1) is 11.7 Å². The summed E-state index contributed by atoms with van der Waals surface area (Å²) in [5.74, 6) is 0.904. The van der Waals surface area contributed by atoms with Crippen LogP contribution in [0.1, 0.15) is 53.1 Å². The van der Waals surface area contributed by atoms with Gasteiger partial charge in [-0.05, 0) is 64.8 Å². The molecule has 0 radical (unpaired) electrons. The van der Waals surface area contributed by atoms with E-state index in [1.165, 1.54) is 50.8 Å². The van der Waals surface area contributed by atoms with Crippen LogP contribution in [0, 0.1) is 6.92 Å². The van der Waals surface area contributed by atoms with Crippen molar-refractivity contribution in [1.29, 1.82) is 0 Å². The van der Waals surface area contributed by atoms with Crippen LogP contribution in [-0.2, 0) is 11.8 Å². The van der Waals surface area contributed by atoms with Crippen molar-refractivity contribution >= 4 is 0 Å². The van der Waals surface area contributed by atoms with E-state index in [0.29, 0.717) is 0 Å². The Bertz CT molecular complexity index is 1250. The summed E-state index contributed by atoms with van der Waals surface area (Å²) < 4.78 is 5.81. The van der Waals surface area contributed by atoms with Crippen molar-refractivity contribution in [1.82, 2.24) is 0 Å². The lowest BCUT2D eigenvalue weighted by Crippen LogP contribution is -2.28. The maximum absolute atomic E-state index is 5.81. The van der Waals surface area contributed by atoms with E-state index in [4.69, 9.17) is 4.74 Å². The number of hydrogen-bond donors (Lipinski definition) is 0. The molecule has 0 saturated carbocycles. The third-order valence-corrected chi connectivity index (χ3v) is 6.94. The molecule has 5 rings (SSSR count). The van der Waals surface area contributed by atoms with E-state index in [9.17, 15) is 0 Å². The molecule has 0 amide bonds. The number of benzene rings is 4. The van der Waals surface area contributed by atoms with E-state index in [0.717, 1.165) is 25.0 Å². The van der Waals surface area contributed by atoms with Crippen molar-refractivity contribution in [2.24, 2.45) is 0 Å². The van der Waals surface area contributed by atoms with Gasteiger partial charge in [0.15, 0.2) is 0 Å². The van der Waals surface area contributed by atoms with E-state index in [-0.39, 0.29) is 5.41 Å². The molecule has 0 spiro atoms. The molecule has 1 aliphatic carbocycles. The lowest BCUT2D eigenvalue weighted by Gasteiger charge is -2.34. The lowest BCUT2D eigenvalue weighted by molar-refractivity contribution is 0.475. The van der Waals surface area contributed by atoms with Crippen molar-refractivity contribution in [3.05, 3.63) is 137 Å². The molecule has 0 heterocycles. The molecule has 0 fully saturated rings. The number of fused-ring (bicyclic) bond motifs is 3. The van der Waals surface area contributed by atoms with Crippen LogP contribution in [0.15, 0.2) is 104 Å². The molecule has 0 unspecified atom stereocenters. The normalized spacial score (nSPS) is 13.3. The molecular formula is C32H30O. The summed E-state index contributed by atoms with van der Waals surface area (Å²) in [6.07, 6.45) is 4.79. The molecule has 0 N–H and O–H groups in total. The van der Waals surface area contributed by atoms with Crippen LogP contribution in [0.25, 0.3) is 11.1 Å². The quantitative estimate of drug-likeness (QED) is 0.236. The van der Waals surface area contributed by atoms with Gasteiger partial charge in [0, 0.05) is 0 Å². The predicted molar refractivity (Wildman–Crippen MR) is 138 cm³/mol. The average Bonchev–Trinajstić information content (AvgIpc) is 3.15. The second-order valence-corrected chi connectivity index (χ2v) is 8.92. The Morgan fingerprint density at radius 2 is 1.39 bits per heavy atom. The molecular weight excluding hydrogens is 400 g/mol. The maximum Gasteiger partial charge on any atom is 0.129 e. The van der Waals surface area contributed by atoms with Crippen LogP contribution in [0.5, 0.6) is 5.75 Å². The number of unbranched alkanes of at least 4 members (excludes halogenated alkanes) is 1. The van der Waals surface area contributed by atoms with E-state index in [2.05, 4.69) is 111 Å². The van der Waals surface area contributed by atoms with Crippen molar-refractivity contribution < 1.29 is 4.74 Å². The van der Waals surface area contributed by atoms with E-state index in [1.807, 2.05) is 0 Å². The van der Waals surface area contributed by atoms with Gasteiger partial charge in [-0.2, -0.15) is 0 Å². The van der Waals surface area contributed by atoms with Crippen LogP contribution in [-0.4, -0.2) is 0 Å². The first-order valence-electron chi connectivity index (χ1n) is 11.9. The third-order valence-electron chi connectivity index (χ3n) is 6.94. The summed E-state index contributed by atoms with van der Waals surface area (Å²) in [6.45, 7) is 8.17. The van der Waals surface area contributed by atoms with Crippen molar-refractivity contribution in [3.8, 4) is 16.9 Å². The number of hydrogen-bond acceptors (Lipinski definition) is 1. The third kappa shape index (κ3) is 3.40. The van der Waals surface area contributed by atoms with Gasteiger partial charge in [-0.25, -0.2) is 0 Å². The summed E-state index contributed by atoms with van der Waals surface area (Å²) >= 11 is 0. The molecule has 0 bridgehead atoms. The van der Waals surface area contributed by atoms with Crippen molar-refractivity contribution in [3.63, 3.8) is 0 Å². The Hall–Kier alpha value is -3.58. The van der Waals surface area contributed by atoms with Crippen LogP contribution in [0.3, 0.4) is 0 Å². The fourth-order valence-electron chi connectivity index (χ4n) is 5.41.